The van der Waals surface area contributed by atoms with Gasteiger partial charge in [-0.15, -0.1) is 0 Å². The Labute approximate surface area is 151 Å². The van der Waals surface area contributed by atoms with Crippen LogP contribution in [0.15, 0.2) is 24.3 Å². The number of rotatable bonds is 4. The first kappa shape index (κ1) is 17.9. The molecular weight excluding hydrogens is 310 g/mol. The first-order chi connectivity index (χ1) is 12.1. The second kappa shape index (κ2) is 8.01. The van der Waals surface area contributed by atoms with Crippen molar-refractivity contribution in [3.05, 3.63) is 35.4 Å². The van der Waals surface area contributed by atoms with Crippen LogP contribution in [0.25, 0.3) is 0 Å². The molecule has 25 heavy (non-hydrogen) atoms. The van der Waals surface area contributed by atoms with E-state index in [0.29, 0.717) is 30.1 Å². The van der Waals surface area contributed by atoms with E-state index in [4.69, 9.17) is 5.26 Å². The minimum atomic E-state index is 0.272. The number of carbonyl (C=O) groups excluding carboxylic acids is 1. The van der Waals surface area contributed by atoms with Crippen LogP contribution in [0.5, 0.6) is 0 Å². The Morgan fingerprint density at radius 2 is 1.84 bits per heavy atom. The lowest BCUT2D eigenvalue weighted by molar-refractivity contribution is -0.133. The summed E-state index contributed by atoms with van der Waals surface area (Å²) in [4.78, 5) is 17.4. The second-order valence-electron chi connectivity index (χ2n) is 7.67. The lowest BCUT2D eigenvalue weighted by atomic mass is 10.0. The lowest BCUT2D eigenvalue weighted by Gasteiger charge is -2.41. The van der Waals surface area contributed by atoms with Gasteiger partial charge in [0.15, 0.2) is 0 Å². The van der Waals surface area contributed by atoms with Crippen molar-refractivity contribution in [2.75, 3.05) is 13.1 Å². The normalized spacial score (nSPS) is 27.2. The summed E-state index contributed by atoms with van der Waals surface area (Å²) in [6, 6.07) is 11.5. The number of hydrogen-bond donors (Lipinski definition) is 0. The molecule has 0 N–H and O–H groups in total. The van der Waals surface area contributed by atoms with Crippen molar-refractivity contribution in [2.24, 2.45) is 0 Å². The molecule has 2 aliphatic rings. The largest absolute Gasteiger partial charge is 0.341 e. The van der Waals surface area contributed by atoms with Gasteiger partial charge in [-0.25, -0.2) is 0 Å². The average molecular weight is 339 g/mol. The van der Waals surface area contributed by atoms with Crippen LogP contribution >= 0.6 is 0 Å². The van der Waals surface area contributed by atoms with Gasteiger partial charge in [-0.1, -0.05) is 12.1 Å². The van der Waals surface area contributed by atoms with Gasteiger partial charge in [-0.3, -0.25) is 9.69 Å². The molecule has 4 nitrogen and oxygen atoms in total. The van der Waals surface area contributed by atoms with E-state index >= 15 is 0 Å². The van der Waals surface area contributed by atoms with Crippen LogP contribution in [0.1, 0.15) is 57.1 Å². The third kappa shape index (κ3) is 4.22. The molecule has 3 rings (SSSR count). The Balaban J connectivity index is 1.54. The molecule has 2 saturated heterocycles. The van der Waals surface area contributed by atoms with Crippen molar-refractivity contribution in [3.8, 4) is 6.07 Å². The molecule has 0 saturated carbocycles. The van der Waals surface area contributed by atoms with Crippen LogP contribution in [-0.4, -0.2) is 46.9 Å². The molecule has 1 aromatic carbocycles. The highest BCUT2D eigenvalue weighted by atomic mass is 16.2. The number of nitrogens with zero attached hydrogens (tertiary/aromatic N) is 3. The fourth-order valence-corrected chi connectivity index (χ4v) is 4.51. The maximum atomic E-state index is 12.7. The third-order valence-corrected chi connectivity index (χ3v) is 5.90. The van der Waals surface area contributed by atoms with E-state index in [1.807, 2.05) is 24.3 Å². The minimum Gasteiger partial charge on any atom is -0.341 e. The summed E-state index contributed by atoms with van der Waals surface area (Å²) in [7, 11) is 0. The van der Waals surface area contributed by atoms with Crippen molar-refractivity contribution in [3.63, 3.8) is 0 Å². The molecule has 2 heterocycles. The van der Waals surface area contributed by atoms with Gasteiger partial charge in [0, 0.05) is 37.6 Å². The summed E-state index contributed by atoms with van der Waals surface area (Å²) in [5, 5.41) is 8.85. The van der Waals surface area contributed by atoms with Crippen LogP contribution in [0.4, 0.5) is 0 Å². The smallest absolute Gasteiger partial charge is 0.222 e. The van der Waals surface area contributed by atoms with Gasteiger partial charge in [0.25, 0.3) is 0 Å². The predicted octanol–water partition coefficient (Wildman–Crippen LogP) is 3.35. The summed E-state index contributed by atoms with van der Waals surface area (Å²) < 4.78 is 0. The van der Waals surface area contributed by atoms with Crippen molar-refractivity contribution < 1.29 is 4.79 Å². The Bertz CT molecular complexity index is 624. The molecule has 1 aromatic rings. The summed E-state index contributed by atoms with van der Waals surface area (Å²) in [5.74, 6) is 0.272. The zero-order chi connectivity index (χ0) is 17.8. The molecule has 134 valence electrons. The highest BCUT2D eigenvalue weighted by Crippen LogP contribution is 2.30. The molecule has 3 atom stereocenters. The fourth-order valence-electron chi connectivity index (χ4n) is 4.51. The van der Waals surface area contributed by atoms with Gasteiger partial charge in [0.2, 0.25) is 5.91 Å². The van der Waals surface area contributed by atoms with E-state index in [1.165, 1.54) is 19.3 Å². The number of likely N-dealkylation sites (tertiary alicyclic amines) is 2. The average Bonchev–Trinajstić information content (AvgIpc) is 2.98. The maximum Gasteiger partial charge on any atom is 0.222 e. The predicted molar refractivity (Wildman–Crippen MR) is 99.1 cm³/mol. The Morgan fingerprint density at radius 1 is 1.16 bits per heavy atom. The van der Waals surface area contributed by atoms with Crippen molar-refractivity contribution in [1.82, 2.24) is 9.80 Å². The van der Waals surface area contributed by atoms with Gasteiger partial charge in [0.1, 0.15) is 0 Å². The van der Waals surface area contributed by atoms with Gasteiger partial charge in [-0.05, 0) is 63.6 Å². The first-order valence-corrected chi connectivity index (χ1v) is 9.62. The molecule has 2 fully saturated rings. The van der Waals surface area contributed by atoms with Gasteiger partial charge >= 0.3 is 0 Å². The van der Waals surface area contributed by atoms with E-state index < -0.39 is 0 Å². The van der Waals surface area contributed by atoms with E-state index in [2.05, 4.69) is 29.7 Å². The zero-order valence-electron chi connectivity index (χ0n) is 15.4. The Hall–Kier alpha value is -1.86. The van der Waals surface area contributed by atoms with E-state index in [-0.39, 0.29) is 5.91 Å². The fraction of sp³-hybridized carbons (Fsp3) is 0.619. The van der Waals surface area contributed by atoms with Crippen LogP contribution in [0.3, 0.4) is 0 Å². The van der Waals surface area contributed by atoms with Crippen LogP contribution in [0.2, 0.25) is 0 Å². The SMILES string of the molecule is C[C@@H]1CC[C@H](C)N1[C@@H]1CCCN(C(=O)CCc2ccc(C#N)cc2)C1. The Kier molecular flexibility index (Phi) is 5.75. The summed E-state index contributed by atoms with van der Waals surface area (Å²) in [6.07, 6.45) is 6.21. The number of amides is 1. The molecule has 1 amide bonds. The number of nitriles is 1. The summed E-state index contributed by atoms with van der Waals surface area (Å²) >= 11 is 0. The highest BCUT2D eigenvalue weighted by molar-refractivity contribution is 5.76. The number of benzene rings is 1. The first-order valence-electron chi connectivity index (χ1n) is 9.62. The standard InChI is InChI=1S/C21H29N3O/c1-16-5-6-17(2)24(16)20-4-3-13-23(15-20)21(25)12-11-18-7-9-19(14-22)10-8-18/h7-10,16-17,20H,3-6,11-13,15H2,1-2H3/t16-,17+,20-/m1/s1. The molecule has 0 aromatic heterocycles. The quantitative estimate of drug-likeness (QED) is 0.845. The summed E-state index contributed by atoms with van der Waals surface area (Å²) in [6.45, 7) is 6.45. The van der Waals surface area contributed by atoms with Crippen molar-refractivity contribution in [1.29, 1.82) is 5.26 Å². The third-order valence-electron chi connectivity index (χ3n) is 5.90. The van der Waals surface area contributed by atoms with E-state index in [1.54, 1.807) is 0 Å². The number of aryl methyl sites for hydroxylation is 1. The van der Waals surface area contributed by atoms with Crippen molar-refractivity contribution in [2.45, 2.75) is 70.5 Å². The van der Waals surface area contributed by atoms with E-state index in [0.717, 1.165) is 31.5 Å². The molecule has 2 aliphatic heterocycles. The summed E-state index contributed by atoms with van der Waals surface area (Å²) in [5.41, 5.74) is 1.80. The number of hydrogen-bond acceptors (Lipinski definition) is 3. The van der Waals surface area contributed by atoms with Crippen LogP contribution in [0, 0.1) is 11.3 Å². The van der Waals surface area contributed by atoms with Gasteiger partial charge in [0.05, 0.1) is 11.6 Å². The molecule has 0 aliphatic carbocycles. The lowest BCUT2D eigenvalue weighted by Crippen LogP contribution is -2.52. The zero-order valence-corrected chi connectivity index (χ0v) is 15.4. The molecule has 0 unspecified atom stereocenters. The van der Waals surface area contributed by atoms with E-state index in [9.17, 15) is 4.79 Å². The second-order valence-corrected chi connectivity index (χ2v) is 7.67. The van der Waals surface area contributed by atoms with Crippen LogP contribution in [-0.2, 0) is 11.2 Å². The van der Waals surface area contributed by atoms with Gasteiger partial charge in [-0.2, -0.15) is 5.26 Å². The Morgan fingerprint density at radius 3 is 2.48 bits per heavy atom. The number of piperidine rings is 1. The molecule has 0 radical (unpaired) electrons. The molecule has 0 spiro atoms. The monoisotopic (exact) mass is 339 g/mol. The topological polar surface area (TPSA) is 47.3 Å². The maximum absolute atomic E-state index is 12.7. The minimum absolute atomic E-state index is 0.272. The highest BCUT2D eigenvalue weighted by Gasteiger charge is 2.36. The molecular formula is C21H29N3O. The molecule has 0 bridgehead atoms. The number of carbonyl (C=O) groups is 1. The van der Waals surface area contributed by atoms with Crippen molar-refractivity contribution >= 4 is 5.91 Å². The van der Waals surface area contributed by atoms with Gasteiger partial charge < -0.3 is 4.90 Å². The molecule has 4 heteroatoms. The van der Waals surface area contributed by atoms with Crippen LogP contribution < -0.4 is 0 Å².